The Balaban J connectivity index is 2.01. The van der Waals surface area contributed by atoms with Crippen LogP contribution in [0.1, 0.15) is 53.9 Å². The molecule has 0 aliphatic heterocycles. The topological polar surface area (TPSA) is 9.23 Å². The Morgan fingerprint density at radius 2 is 1.94 bits per heavy atom. The fourth-order valence-corrected chi connectivity index (χ4v) is 3.85. The molecule has 2 aliphatic carbocycles. The van der Waals surface area contributed by atoms with Crippen molar-refractivity contribution in [2.75, 3.05) is 12.4 Å². The number of ether oxygens (including phenoxy) is 1. The minimum absolute atomic E-state index is 0.200. The molecule has 3 unspecified atom stereocenters. The van der Waals surface area contributed by atoms with E-state index >= 15 is 0 Å². The van der Waals surface area contributed by atoms with E-state index in [0.717, 1.165) is 18.3 Å². The molecule has 0 aromatic rings. The summed E-state index contributed by atoms with van der Waals surface area (Å²) in [6, 6.07) is 0. The maximum atomic E-state index is 6.28. The second kappa shape index (κ2) is 4.16. The van der Waals surface area contributed by atoms with Crippen LogP contribution in [-0.2, 0) is 4.74 Å². The highest BCUT2D eigenvalue weighted by molar-refractivity contribution is 7.80. The van der Waals surface area contributed by atoms with Gasteiger partial charge in [-0.2, -0.15) is 12.6 Å². The van der Waals surface area contributed by atoms with E-state index in [2.05, 4.69) is 47.2 Å². The van der Waals surface area contributed by atoms with Crippen LogP contribution in [-0.4, -0.2) is 18.5 Å². The van der Waals surface area contributed by atoms with Gasteiger partial charge in [0.25, 0.3) is 0 Å². The zero-order valence-electron chi connectivity index (χ0n) is 12.0. The van der Waals surface area contributed by atoms with Crippen molar-refractivity contribution in [2.45, 2.75) is 60.0 Å². The lowest BCUT2D eigenvalue weighted by Gasteiger charge is -2.40. The Labute approximate surface area is 112 Å². The highest BCUT2D eigenvalue weighted by Crippen LogP contribution is 2.66. The van der Waals surface area contributed by atoms with Crippen LogP contribution in [0.5, 0.6) is 0 Å². The third-order valence-electron chi connectivity index (χ3n) is 5.82. The van der Waals surface area contributed by atoms with E-state index in [4.69, 9.17) is 4.74 Å². The number of hydrogen-bond donors (Lipinski definition) is 1. The summed E-state index contributed by atoms with van der Waals surface area (Å²) in [6.07, 6.45) is 4.48. The number of thiol groups is 1. The summed E-state index contributed by atoms with van der Waals surface area (Å²) < 4.78 is 6.28. The minimum atomic E-state index is 0.200. The molecule has 0 N–H and O–H groups in total. The van der Waals surface area contributed by atoms with Gasteiger partial charge in [-0.1, -0.05) is 34.6 Å². The molecule has 0 radical (unpaired) electrons. The molecule has 2 rings (SSSR count). The van der Waals surface area contributed by atoms with Crippen molar-refractivity contribution < 1.29 is 4.74 Å². The average Bonchev–Trinajstić information content (AvgIpc) is 2.58. The fraction of sp³-hybridized carbons (Fsp3) is 1.00. The molecule has 0 spiro atoms. The minimum Gasteiger partial charge on any atom is -0.377 e. The first-order valence-electron chi connectivity index (χ1n) is 6.95. The Hall–Kier alpha value is 0.310. The van der Waals surface area contributed by atoms with Gasteiger partial charge in [-0.15, -0.1) is 0 Å². The normalized spacial score (nSPS) is 39.9. The lowest BCUT2D eigenvalue weighted by atomic mass is 9.70. The predicted molar refractivity (Wildman–Crippen MR) is 76.6 cm³/mol. The highest BCUT2D eigenvalue weighted by atomic mass is 32.1. The van der Waals surface area contributed by atoms with Gasteiger partial charge < -0.3 is 4.74 Å². The van der Waals surface area contributed by atoms with Gasteiger partial charge in [0.1, 0.15) is 0 Å². The number of rotatable bonds is 4. The van der Waals surface area contributed by atoms with Gasteiger partial charge >= 0.3 is 0 Å². The monoisotopic (exact) mass is 256 g/mol. The molecule has 0 heterocycles. The summed E-state index contributed by atoms with van der Waals surface area (Å²) >= 11 is 4.41. The van der Waals surface area contributed by atoms with Crippen molar-refractivity contribution in [3.05, 3.63) is 0 Å². The molecule has 2 saturated carbocycles. The first kappa shape index (κ1) is 13.7. The summed E-state index contributed by atoms with van der Waals surface area (Å²) in [4.78, 5) is 0. The van der Waals surface area contributed by atoms with E-state index in [1.165, 1.54) is 19.3 Å². The Morgan fingerprint density at radius 3 is 2.35 bits per heavy atom. The molecule has 0 aromatic heterocycles. The third-order valence-corrected chi connectivity index (χ3v) is 6.67. The fourth-order valence-electron chi connectivity index (χ4n) is 3.75. The lowest BCUT2D eigenvalue weighted by molar-refractivity contribution is -0.0684. The molecule has 100 valence electrons. The Kier molecular flexibility index (Phi) is 3.36. The quantitative estimate of drug-likeness (QED) is 0.743. The van der Waals surface area contributed by atoms with Crippen molar-refractivity contribution in [1.29, 1.82) is 0 Å². The molecule has 0 aromatic carbocycles. The largest absolute Gasteiger partial charge is 0.377 e. The standard InChI is InChI=1S/C15H28OS/c1-13(2,10-17)9-16-12-8-11-6-7-15(12,5)14(11,3)4/h11-12,17H,6-10H2,1-5H3. The predicted octanol–water partition coefficient (Wildman–Crippen LogP) is 4.17. The molecule has 2 bridgehead atoms. The molecule has 0 amide bonds. The molecule has 2 fully saturated rings. The molecule has 3 atom stereocenters. The molecule has 17 heavy (non-hydrogen) atoms. The second-order valence-electron chi connectivity index (χ2n) is 7.73. The molecular formula is C15H28OS. The van der Waals surface area contributed by atoms with Crippen LogP contribution in [0.2, 0.25) is 0 Å². The first-order chi connectivity index (χ1) is 7.73. The van der Waals surface area contributed by atoms with Gasteiger partial charge in [-0.05, 0) is 47.2 Å². The van der Waals surface area contributed by atoms with Crippen molar-refractivity contribution in [1.82, 2.24) is 0 Å². The number of hydrogen-bond acceptors (Lipinski definition) is 2. The number of fused-ring (bicyclic) bond motifs is 2. The molecule has 0 saturated heterocycles. The summed E-state index contributed by atoms with van der Waals surface area (Å²) in [7, 11) is 0. The maximum absolute atomic E-state index is 6.28. The van der Waals surface area contributed by atoms with E-state index in [9.17, 15) is 0 Å². The van der Waals surface area contributed by atoms with Crippen molar-refractivity contribution in [3.63, 3.8) is 0 Å². The second-order valence-corrected chi connectivity index (χ2v) is 8.05. The van der Waals surface area contributed by atoms with Gasteiger partial charge in [0.15, 0.2) is 0 Å². The van der Waals surface area contributed by atoms with Crippen molar-refractivity contribution in [2.24, 2.45) is 22.2 Å². The Morgan fingerprint density at radius 1 is 1.29 bits per heavy atom. The average molecular weight is 256 g/mol. The zero-order chi connectivity index (χ0) is 12.9. The zero-order valence-corrected chi connectivity index (χ0v) is 12.9. The maximum Gasteiger partial charge on any atom is 0.0637 e. The summed E-state index contributed by atoms with van der Waals surface area (Å²) in [5, 5.41) is 0. The van der Waals surface area contributed by atoms with Gasteiger partial charge in [0.05, 0.1) is 12.7 Å². The third kappa shape index (κ3) is 2.06. The first-order valence-corrected chi connectivity index (χ1v) is 7.59. The lowest BCUT2D eigenvalue weighted by Crippen LogP contribution is -2.39. The summed E-state index contributed by atoms with van der Waals surface area (Å²) in [6.45, 7) is 12.6. The Bertz CT molecular complexity index is 297. The van der Waals surface area contributed by atoms with Crippen LogP contribution in [0.4, 0.5) is 0 Å². The van der Waals surface area contributed by atoms with Crippen molar-refractivity contribution in [3.8, 4) is 0 Å². The van der Waals surface area contributed by atoms with Gasteiger partial charge in [-0.3, -0.25) is 0 Å². The smallest absolute Gasteiger partial charge is 0.0637 e. The van der Waals surface area contributed by atoms with E-state index in [1.54, 1.807) is 0 Å². The molecule has 2 aliphatic rings. The molecular weight excluding hydrogens is 228 g/mol. The molecule has 1 nitrogen and oxygen atoms in total. The van der Waals surface area contributed by atoms with E-state index in [1.807, 2.05) is 0 Å². The van der Waals surface area contributed by atoms with Crippen LogP contribution in [0.25, 0.3) is 0 Å². The van der Waals surface area contributed by atoms with Crippen LogP contribution in [0.3, 0.4) is 0 Å². The van der Waals surface area contributed by atoms with Gasteiger partial charge in [0, 0.05) is 0 Å². The summed E-state index contributed by atoms with van der Waals surface area (Å²) in [5.41, 5.74) is 1.05. The van der Waals surface area contributed by atoms with E-state index in [0.29, 0.717) is 16.9 Å². The SMILES string of the molecule is CC(C)(CS)COC1CC2CCC1(C)C2(C)C. The van der Waals surface area contributed by atoms with Crippen molar-refractivity contribution >= 4 is 12.6 Å². The summed E-state index contributed by atoms with van der Waals surface area (Å²) in [5.74, 6) is 1.76. The van der Waals surface area contributed by atoms with Crippen LogP contribution in [0.15, 0.2) is 0 Å². The van der Waals surface area contributed by atoms with Crippen LogP contribution >= 0.6 is 12.6 Å². The van der Waals surface area contributed by atoms with Gasteiger partial charge in [0.2, 0.25) is 0 Å². The molecule has 2 heteroatoms. The van der Waals surface area contributed by atoms with E-state index < -0.39 is 0 Å². The van der Waals surface area contributed by atoms with E-state index in [-0.39, 0.29) is 5.41 Å². The van der Waals surface area contributed by atoms with Crippen LogP contribution < -0.4 is 0 Å². The van der Waals surface area contributed by atoms with Gasteiger partial charge in [-0.25, -0.2) is 0 Å². The highest BCUT2D eigenvalue weighted by Gasteiger charge is 2.61. The van der Waals surface area contributed by atoms with Crippen LogP contribution in [0, 0.1) is 22.2 Å².